The van der Waals surface area contributed by atoms with E-state index in [1.54, 1.807) is 0 Å². The Bertz CT molecular complexity index is 985. The minimum atomic E-state index is -0.0756. The zero-order chi connectivity index (χ0) is 18.1. The summed E-state index contributed by atoms with van der Waals surface area (Å²) in [6.07, 6.45) is 1.54. The maximum atomic E-state index is 12.7. The molecule has 1 aliphatic rings. The molecule has 2 aromatic carbocycles. The van der Waals surface area contributed by atoms with Crippen molar-refractivity contribution in [2.75, 3.05) is 13.1 Å². The molecule has 0 spiro atoms. The van der Waals surface area contributed by atoms with Gasteiger partial charge in [-0.2, -0.15) is 0 Å². The summed E-state index contributed by atoms with van der Waals surface area (Å²) in [6, 6.07) is 15.3. The Balaban J connectivity index is 0.00000210. The fourth-order valence-corrected chi connectivity index (χ4v) is 3.73. The molecule has 3 aromatic rings. The summed E-state index contributed by atoms with van der Waals surface area (Å²) in [6.45, 7) is 1.77. The van der Waals surface area contributed by atoms with E-state index in [0.717, 1.165) is 29.4 Å². The van der Waals surface area contributed by atoms with Gasteiger partial charge in [-0.3, -0.25) is 9.36 Å². The Morgan fingerprint density at radius 1 is 1.07 bits per heavy atom. The van der Waals surface area contributed by atoms with E-state index in [0.29, 0.717) is 25.2 Å². The second kappa shape index (κ2) is 7.98. The highest BCUT2D eigenvalue weighted by atomic mass is 35.5. The molecular weight excluding hydrogens is 364 g/mol. The van der Waals surface area contributed by atoms with Crippen molar-refractivity contribution in [3.05, 3.63) is 70.1 Å². The SMILES string of the molecule is Cl.NCc1ccc(C(=O)N2CCC(n3c(=O)[nH]c4ccccc43)CC2)cc1. The molecule has 0 bridgehead atoms. The predicted octanol–water partition coefficient (Wildman–Crippen LogP) is 2.69. The largest absolute Gasteiger partial charge is 0.338 e. The van der Waals surface area contributed by atoms with Crippen molar-refractivity contribution >= 4 is 29.3 Å². The summed E-state index contributed by atoms with van der Waals surface area (Å²) in [7, 11) is 0. The molecule has 1 saturated heterocycles. The molecular formula is C20H23ClN4O2. The predicted molar refractivity (Wildman–Crippen MR) is 108 cm³/mol. The van der Waals surface area contributed by atoms with E-state index in [2.05, 4.69) is 4.98 Å². The van der Waals surface area contributed by atoms with Crippen LogP contribution in [-0.4, -0.2) is 33.4 Å². The van der Waals surface area contributed by atoms with Gasteiger partial charge < -0.3 is 15.6 Å². The maximum Gasteiger partial charge on any atom is 0.326 e. The van der Waals surface area contributed by atoms with Crippen LogP contribution in [0.25, 0.3) is 11.0 Å². The van der Waals surface area contributed by atoms with E-state index in [1.807, 2.05) is 58.0 Å². The van der Waals surface area contributed by atoms with Crippen LogP contribution in [0.3, 0.4) is 0 Å². The van der Waals surface area contributed by atoms with Crippen LogP contribution in [0.4, 0.5) is 0 Å². The number of aromatic amines is 1. The standard InChI is InChI=1S/C20H22N4O2.ClH/c21-13-14-5-7-15(8-6-14)19(25)23-11-9-16(10-12-23)24-18-4-2-1-3-17(18)22-20(24)26;/h1-8,16H,9-13,21H2,(H,22,26);1H. The number of hydrogen-bond acceptors (Lipinski definition) is 3. The van der Waals surface area contributed by atoms with Gasteiger partial charge >= 0.3 is 5.69 Å². The number of carbonyl (C=O) groups excluding carboxylic acids is 1. The number of benzene rings is 2. The van der Waals surface area contributed by atoms with Crippen LogP contribution in [0.1, 0.15) is 34.8 Å². The number of piperidine rings is 1. The first-order valence-electron chi connectivity index (χ1n) is 8.95. The van der Waals surface area contributed by atoms with E-state index in [4.69, 9.17) is 5.73 Å². The number of nitrogens with two attached hydrogens (primary N) is 1. The summed E-state index contributed by atoms with van der Waals surface area (Å²) >= 11 is 0. The zero-order valence-corrected chi connectivity index (χ0v) is 15.7. The Morgan fingerprint density at radius 3 is 2.41 bits per heavy atom. The van der Waals surface area contributed by atoms with E-state index in [9.17, 15) is 9.59 Å². The molecule has 142 valence electrons. The molecule has 4 rings (SSSR count). The monoisotopic (exact) mass is 386 g/mol. The number of amides is 1. The lowest BCUT2D eigenvalue weighted by Crippen LogP contribution is -2.40. The Morgan fingerprint density at radius 2 is 1.74 bits per heavy atom. The average molecular weight is 387 g/mol. The fraction of sp³-hybridized carbons (Fsp3) is 0.300. The minimum absolute atomic E-state index is 0. The van der Waals surface area contributed by atoms with Gasteiger partial charge in [0.1, 0.15) is 0 Å². The summed E-state index contributed by atoms with van der Waals surface area (Å²) in [5.74, 6) is 0.0401. The quantitative estimate of drug-likeness (QED) is 0.725. The number of para-hydroxylation sites is 2. The number of aromatic nitrogens is 2. The topological polar surface area (TPSA) is 84.1 Å². The molecule has 1 amide bonds. The van der Waals surface area contributed by atoms with Gasteiger partial charge in [-0.1, -0.05) is 24.3 Å². The fourth-order valence-electron chi connectivity index (χ4n) is 3.73. The summed E-state index contributed by atoms with van der Waals surface area (Å²) in [5.41, 5.74) is 9.02. The van der Waals surface area contributed by atoms with Gasteiger partial charge in [-0.25, -0.2) is 4.79 Å². The van der Waals surface area contributed by atoms with Crippen molar-refractivity contribution in [3.63, 3.8) is 0 Å². The first kappa shape index (κ1) is 19.2. The average Bonchev–Trinajstić information content (AvgIpc) is 3.03. The highest BCUT2D eigenvalue weighted by Gasteiger charge is 2.26. The van der Waals surface area contributed by atoms with Gasteiger partial charge in [-0.05, 0) is 42.7 Å². The molecule has 27 heavy (non-hydrogen) atoms. The molecule has 2 heterocycles. The van der Waals surface area contributed by atoms with Crippen molar-refractivity contribution in [1.29, 1.82) is 0 Å². The molecule has 0 atom stereocenters. The van der Waals surface area contributed by atoms with Crippen molar-refractivity contribution in [2.24, 2.45) is 5.73 Å². The number of fused-ring (bicyclic) bond motifs is 1. The van der Waals surface area contributed by atoms with E-state index < -0.39 is 0 Å². The number of nitrogens with zero attached hydrogens (tertiary/aromatic N) is 2. The molecule has 3 N–H and O–H groups in total. The molecule has 1 aliphatic heterocycles. The Kier molecular flexibility index (Phi) is 5.68. The molecule has 1 fully saturated rings. The minimum Gasteiger partial charge on any atom is -0.338 e. The van der Waals surface area contributed by atoms with E-state index in [1.165, 1.54) is 0 Å². The van der Waals surface area contributed by atoms with Crippen LogP contribution in [-0.2, 0) is 6.54 Å². The molecule has 0 unspecified atom stereocenters. The molecule has 0 saturated carbocycles. The van der Waals surface area contributed by atoms with Crippen molar-refractivity contribution in [3.8, 4) is 0 Å². The number of hydrogen-bond donors (Lipinski definition) is 2. The number of likely N-dealkylation sites (tertiary alicyclic amines) is 1. The molecule has 0 aliphatic carbocycles. The summed E-state index contributed by atoms with van der Waals surface area (Å²) < 4.78 is 1.84. The molecule has 6 nitrogen and oxygen atoms in total. The van der Waals surface area contributed by atoms with Crippen molar-refractivity contribution < 1.29 is 4.79 Å². The van der Waals surface area contributed by atoms with Crippen LogP contribution in [0, 0.1) is 0 Å². The van der Waals surface area contributed by atoms with Crippen LogP contribution in [0.15, 0.2) is 53.3 Å². The maximum absolute atomic E-state index is 12.7. The van der Waals surface area contributed by atoms with Gasteiger partial charge in [0.05, 0.1) is 11.0 Å². The van der Waals surface area contributed by atoms with Crippen LogP contribution < -0.4 is 11.4 Å². The number of halogens is 1. The molecule has 0 radical (unpaired) electrons. The van der Waals surface area contributed by atoms with Gasteiger partial charge in [0, 0.05) is 31.2 Å². The van der Waals surface area contributed by atoms with Crippen LogP contribution in [0.5, 0.6) is 0 Å². The Labute approximate surface area is 163 Å². The number of imidazole rings is 1. The number of carbonyl (C=O) groups is 1. The lowest BCUT2D eigenvalue weighted by atomic mass is 10.0. The van der Waals surface area contributed by atoms with Gasteiger partial charge in [0.15, 0.2) is 0 Å². The first-order chi connectivity index (χ1) is 12.7. The number of H-pyrrole nitrogens is 1. The number of nitrogens with one attached hydrogen (secondary N) is 1. The molecule has 7 heteroatoms. The normalized spacial score (nSPS) is 14.9. The lowest BCUT2D eigenvalue weighted by molar-refractivity contribution is 0.0695. The van der Waals surface area contributed by atoms with Gasteiger partial charge in [0.2, 0.25) is 0 Å². The zero-order valence-electron chi connectivity index (χ0n) is 14.9. The van der Waals surface area contributed by atoms with Gasteiger partial charge in [-0.15, -0.1) is 12.4 Å². The highest BCUT2D eigenvalue weighted by Crippen LogP contribution is 2.25. The second-order valence-corrected chi connectivity index (χ2v) is 6.74. The third kappa shape index (κ3) is 3.63. The summed E-state index contributed by atoms with van der Waals surface area (Å²) in [4.78, 5) is 29.8. The first-order valence-corrected chi connectivity index (χ1v) is 8.95. The van der Waals surface area contributed by atoms with Crippen LogP contribution in [0.2, 0.25) is 0 Å². The molecule has 1 aromatic heterocycles. The van der Waals surface area contributed by atoms with E-state index in [-0.39, 0.29) is 30.0 Å². The Hall–Kier alpha value is -2.57. The third-order valence-corrected chi connectivity index (χ3v) is 5.18. The van der Waals surface area contributed by atoms with E-state index >= 15 is 0 Å². The summed E-state index contributed by atoms with van der Waals surface area (Å²) in [5, 5.41) is 0. The van der Waals surface area contributed by atoms with Gasteiger partial charge in [0.25, 0.3) is 5.91 Å². The lowest BCUT2D eigenvalue weighted by Gasteiger charge is -2.32. The highest BCUT2D eigenvalue weighted by molar-refractivity contribution is 5.94. The van der Waals surface area contributed by atoms with Crippen molar-refractivity contribution in [2.45, 2.75) is 25.4 Å². The second-order valence-electron chi connectivity index (χ2n) is 6.74. The smallest absolute Gasteiger partial charge is 0.326 e. The number of rotatable bonds is 3. The van der Waals surface area contributed by atoms with Crippen LogP contribution >= 0.6 is 12.4 Å². The third-order valence-electron chi connectivity index (χ3n) is 5.18. The van der Waals surface area contributed by atoms with Crippen molar-refractivity contribution in [1.82, 2.24) is 14.5 Å².